The molecule has 2 aromatic carbocycles. The summed E-state index contributed by atoms with van der Waals surface area (Å²) in [6, 6.07) is 25.6. The van der Waals surface area contributed by atoms with Crippen molar-refractivity contribution in [1.29, 1.82) is 0 Å². The Kier molecular flexibility index (Phi) is 8.89. The summed E-state index contributed by atoms with van der Waals surface area (Å²) in [4.78, 5) is 31.1. The number of carbonyl (C=O) groups is 2. The maximum atomic E-state index is 13.6. The van der Waals surface area contributed by atoms with Crippen LogP contribution in [0.25, 0.3) is 0 Å². The Labute approximate surface area is 275 Å². The smallest absolute Gasteiger partial charge is 0.315 e. The number of benzene rings is 2. The Morgan fingerprint density at radius 2 is 1.61 bits per heavy atom. The van der Waals surface area contributed by atoms with Crippen LogP contribution >= 0.6 is 0 Å². The van der Waals surface area contributed by atoms with Crippen LogP contribution in [0.15, 0.2) is 72.8 Å². The Balaban J connectivity index is 1.21. The summed E-state index contributed by atoms with van der Waals surface area (Å²) in [5, 5.41) is 11.6. The molecular formula is C38H50N4O3Si. The van der Waals surface area contributed by atoms with Crippen molar-refractivity contribution < 1.29 is 14.0 Å². The van der Waals surface area contributed by atoms with Crippen LogP contribution < -0.4 is 26.3 Å². The molecule has 1 atom stereocenters. The summed E-state index contributed by atoms with van der Waals surface area (Å²) in [7, 11) is -2.78. The van der Waals surface area contributed by atoms with Gasteiger partial charge in [0.15, 0.2) is 0 Å². The van der Waals surface area contributed by atoms with Gasteiger partial charge in [-0.2, -0.15) is 0 Å². The first-order valence-electron chi connectivity index (χ1n) is 17.2. The lowest BCUT2D eigenvalue weighted by Crippen LogP contribution is -2.66. The van der Waals surface area contributed by atoms with Crippen molar-refractivity contribution in [2.24, 2.45) is 5.41 Å². The van der Waals surface area contributed by atoms with Crippen molar-refractivity contribution in [2.75, 3.05) is 11.9 Å². The number of nitrogens with zero attached hydrogens (tertiary/aromatic N) is 1. The molecule has 2 saturated carbocycles. The monoisotopic (exact) mass is 638 g/mol. The molecule has 6 rings (SSSR count). The number of amides is 3. The third-order valence-corrected chi connectivity index (χ3v) is 15.9. The number of carbonyl (C=O) groups excluding carboxylic acids is 2. The lowest BCUT2D eigenvalue weighted by Gasteiger charge is -2.56. The second kappa shape index (κ2) is 12.6. The van der Waals surface area contributed by atoms with Crippen LogP contribution in [0, 0.1) is 5.41 Å². The van der Waals surface area contributed by atoms with E-state index in [2.05, 4.69) is 111 Å². The summed E-state index contributed by atoms with van der Waals surface area (Å²) < 4.78 is 7.38. The summed E-state index contributed by atoms with van der Waals surface area (Å²) in [6.45, 7) is 11.8. The van der Waals surface area contributed by atoms with E-state index in [1.165, 1.54) is 10.4 Å². The zero-order valence-corrected chi connectivity index (χ0v) is 29.1. The second-order valence-corrected chi connectivity index (χ2v) is 19.2. The predicted octanol–water partition coefficient (Wildman–Crippen LogP) is 6.73. The van der Waals surface area contributed by atoms with Crippen molar-refractivity contribution >= 4 is 36.3 Å². The van der Waals surface area contributed by atoms with Crippen molar-refractivity contribution in [3.63, 3.8) is 0 Å². The van der Waals surface area contributed by atoms with Gasteiger partial charge in [0.1, 0.15) is 0 Å². The Morgan fingerprint density at radius 1 is 1.00 bits per heavy atom. The van der Waals surface area contributed by atoms with Crippen LogP contribution in [0.4, 0.5) is 10.5 Å². The van der Waals surface area contributed by atoms with Gasteiger partial charge in [-0.25, -0.2) is 4.79 Å². The third-order valence-electron chi connectivity index (χ3n) is 10.8. The normalized spacial score (nSPS) is 24.6. The fraction of sp³-hybridized carbons (Fsp3) is 0.500. The minimum Gasteiger partial charge on any atom is -0.399 e. The van der Waals surface area contributed by atoms with E-state index in [0.717, 1.165) is 68.4 Å². The molecule has 7 nitrogen and oxygen atoms in total. The molecule has 2 fully saturated rings. The molecule has 1 aromatic heterocycles. The predicted molar refractivity (Wildman–Crippen MR) is 187 cm³/mol. The van der Waals surface area contributed by atoms with Gasteiger partial charge in [0, 0.05) is 12.6 Å². The van der Waals surface area contributed by atoms with Crippen LogP contribution in [-0.4, -0.2) is 37.8 Å². The number of nitrogens with one attached hydrogen (secondary N) is 3. The van der Waals surface area contributed by atoms with Gasteiger partial charge >= 0.3 is 6.03 Å². The van der Waals surface area contributed by atoms with Crippen molar-refractivity contribution in [3.8, 4) is 0 Å². The zero-order valence-electron chi connectivity index (χ0n) is 28.1. The quantitative estimate of drug-likeness (QED) is 0.179. The van der Waals surface area contributed by atoms with E-state index >= 15 is 0 Å². The van der Waals surface area contributed by atoms with Gasteiger partial charge < -0.3 is 20.4 Å². The highest BCUT2D eigenvalue weighted by molar-refractivity contribution is 6.99. The first-order chi connectivity index (χ1) is 22.0. The Hall–Kier alpha value is -3.49. The van der Waals surface area contributed by atoms with E-state index < -0.39 is 13.7 Å². The molecule has 3 amide bonds. The van der Waals surface area contributed by atoms with Gasteiger partial charge in [0.25, 0.3) is 8.32 Å². The first kappa shape index (κ1) is 32.4. The first-order valence-corrected chi connectivity index (χ1v) is 19.1. The number of unbranched alkanes of at least 4 members (excludes halogenated alkanes) is 1. The molecule has 3 N–H and O–H groups in total. The number of hydrogen-bond acceptors (Lipinski definition) is 4. The molecule has 8 heteroatoms. The average molecular weight is 639 g/mol. The van der Waals surface area contributed by atoms with Crippen molar-refractivity contribution in [3.05, 3.63) is 84.2 Å². The molecule has 2 spiro atoms. The molecule has 1 unspecified atom stereocenters. The van der Waals surface area contributed by atoms with E-state index in [1.807, 2.05) is 12.1 Å². The molecule has 46 heavy (non-hydrogen) atoms. The largest absolute Gasteiger partial charge is 0.399 e. The minimum atomic E-state index is -2.78. The summed E-state index contributed by atoms with van der Waals surface area (Å²) >= 11 is 0. The van der Waals surface area contributed by atoms with E-state index in [-0.39, 0.29) is 34.5 Å². The molecule has 0 saturated heterocycles. The highest BCUT2D eigenvalue weighted by Gasteiger charge is 2.63. The Morgan fingerprint density at radius 3 is 2.17 bits per heavy atom. The number of fused-ring (bicyclic) bond motifs is 2. The second-order valence-electron chi connectivity index (χ2n) is 15.0. The van der Waals surface area contributed by atoms with E-state index in [1.54, 1.807) is 0 Å². The van der Waals surface area contributed by atoms with Gasteiger partial charge in [-0.05, 0) is 84.8 Å². The van der Waals surface area contributed by atoms with Crippen LogP contribution in [0.1, 0.15) is 103 Å². The summed E-state index contributed by atoms with van der Waals surface area (Å²) in [5.41, 5.74) is 2.13. The minimum absolute atomic E-state index is 0.0604. The van der Waals surface area contributed by atoms with E-state index in [4.69, 9.17) is 9.41 Å². The number of anilines is 1. The van der Waals surface area contributed by atoms with E-state index in [0.29, 0.717) is 6.54 Å². The number of urea groups is 1. The van der Waals surface area contributed by atoms with Gasteiger partial charge in [-0.15, -0.1) is 0 Å². The van der Waals surface area contributed by atoms with Crippen molar-refractivity contribution in [1.82, 2.24) is 15.6 Å². The lowest BCUT2D eigenvalue weighted by atomic mass is 9.47. The summed E-state index contributed by atoms with van der Waals surface area (Å²) in [5.74, 6) is 0.0777. The van der Waals surface area contributed by atoms with E-state index in [9.17, 15) is 9.59 Å². The highest BCUT2D eigenvalue weighted by atomic mass is 28.4. The SMILES string of the molecule is CCCCNC(=O)NC1CCC2(CC1)CC1(C2)C(=O)Nc2ccc(C(C)O[Si](c3ccccc3)(c3ccccc3)C(C)(C)C)nc21. The van der Waals surface area contributed by atoms with Crippen LogP contribution in [0.5, 0.6) is 0 Å². The molecule has 244 valence electrons. The molecule has 3 aliphatic rings. The third kappa shape index (κ3) is 5.79. The molecule has 3 aromatic rings. The molecule has 1 aliphatic heterocycles. The maximum absolute atomic E-state index is 13.6. The number of rotatable bonds is 9. The lowest BCUT2D eigenvalue weighted by molar-refractivity contribution is -0.132. The molecule has 2 heterocycles. The van der Waals surface area contributed by atoms with Gasteiger partial charge in [-0.3, -0.25) is 9.78 Å². The fourth-order valence-corrected chi connectivity index (χ4v) is 13.1. The zero-order chi connectivity index (χ0) is 32.6. The van der Waals surface area contributed by atoms with Crippen LogP contribution in [-0.2, 0) is 14.6 Å². The standard InChI is InChI=1S/C38H50N4O3Si/c1-6-7-24-39-35(44)40-28-20-22-37(23-21-28)25-38(26-37)33-32(42-34(38)43)19-18-31(41-33)27(2)45-46(36(3,4)5,29-14-10-8-11-15-29)30-16-12-9-13-17-30/h8-19,27-28H,6-7,20-26H2,1-5H3,(H,42,43)(H2,39,40,44). The summed E-state index contributed by atoms with van der Waals surface area (Å²) in [6.07, 6.45) is 7.34. The van der Waals surface area contributed by atoms with Crippen LogP contribution in [0.2, 0.25) is 5.04 Å². The number of pyridine rings is 1. The highest BCUT2D eigenvalue weighted by Crippen LogP contribution is 2.64. The topological polar surface area (TPSA) is 92.4 Å². The molecule has 0 radical (unpaired) electrons. The Bertz CT molecular complexity index is 1500. The maximum Gasteiger partial charge on any atom is 0.315 e. The van der Waals surface area contributed by atoms with Gasteiger partial charge in [0.2, 0.25) is 5.91 Å². The molecule has 0 bridgehead atoms. The van der Waals surface area contributed by atoms with Crippen molar-refractivity contribution in [2.45, 2.75) is 109 Å². The van der Waals surface area contributed by atoms with Gasteiger partial charge in [0.05, 0.1) is 28.6 Å². The average Bonchev–Trinajstić information content (AvgIpc) is 3.31. The molecule has 2 aliphatic carbocycles. The van der Waals surface area contributed by atoms with Gasteiger partial charge in [-0.1, -0.05) is 94.8 Å². The fourth-order valence-electron chi connectivity index (χ4n) is 8.43. The molecular weight excluding hydrogens is 589 g/mol. The number of hydrogen-bond donors (Lipinski definition) is 3. The number of aromatic nitrogens is 1. The van der Waals surface area contributed by atoms with Crippen LogP contribution in [0.3, 0.4) is 0 Å².